The molecule has 0 unspecified atom stereocenters. The minimum atomic E-state index is -3.45. The quantitative estimate of drug-likeness (QED) is 0.276. The molecule has 4 aromatic rings. The van der Waals surface area contributed by atoms with Gasteiger partial charge in [0.15, 0.2) is 15.0 Å². The fourth-order valence-corrected chi connectivity index (χ4v) is 6.15. The molecule has 176 valence electrons. The number of carbonyl (C=O) groups excluding carboxylic acids is 1. The number of carbonyl (C=O) groups is 1. The van der Waals surface area contributed by atoms with Crippen LogP contribution in [-0.2, 0) is 21.2 Å². The largest absolute Gasteiger partial charge is 0.284 e. The number of halogens is 1. The number of rotatable bonds is 8. The summed E-state index contributed by atoms with van der Waals surface area (Å²) in [4.78, 5) is 20.0. The SMILES string of the molecule is Cc1ccc(S(=O)(=O)CCCC(=O)N(Cc2ccccc2)c2nc3c(C)c(Cl)ccc3s2)cc1. The lowest BCUT2D eigenvalue weighted by atomic mass is 10.2. The monoisotopic (exact) mass is 512 g/mol. The van der Waals surface area contributed by atoms with E-state index < -0.39 is 9.84 Å². The molecular formula is C26H25ClN2O3S2. The number of aromatic nitrogens is 1. The van der Waals surface area contributed by atoms with Crippen LogP contribution in [0.3, 0.4) is 0 Å². The number of anilines is 1. The molecular weight excluding hydrogens is 488 g/mol. The number of benzene rings is 3. The fourth-order valence-electron chi connectivity index (χ4n) is 3.64. The van der Waals surface area contributed by atoms with E-state index in [4.69, 9.17) is 16.6 Å². The van der Waals surface area contributed by atoms with Gasteiger partial charge in [-0.3, -0.25) is 9.69 Å². The topological polar surface area (TPSA) is 67.3 Å². The van der Waals surface area contributed by atoms with Gasteiger partial charge in [-0.1, -0.05) is 71.0 Å². The molecule has 1 heterocycles. The Morgan fingerprint density at radius 1 is 1.00 bits per heavy atom. The molecule has 0 fully saturated rings. The Labute approximate surface area is 208 Å². The van der Waals surface area contributed by atoms with Crippen molar-refractivity contribution in [2.75, 3.05) is 10.7 Å². The average molecular weight is 513 g/mol. The molecule has 0 bridgehead atoms. The maximum atomic E-state index is 13.3. The van der Waals surface area contributed by atoms with Crippen LogP contribution in [0.25, 0.3) is 10.2 Å². The molecule has 0 saturated heterocycles. The lowest BCUT2D eigenvalue weighted by molar-refractivity contribution is -0.118. The molecule has 0 aliphatic rings. The third kappa shape index (κ3) is 5.49. The van der Waals surface area contributed by atoms with E-state index in [1.54, 1.807) is 29.2 Å². The van der Waals surface area contributed by atoms with Gasteiger partial charge in [-0.15, -0.1) is 0 Å². The molecule has 1 amide bonds. The number of nitrogens with zero attached hydrogens (tertiary/aromatic N) is 2. The van der Waals surface area contributed by atoms with Crippen molar-refractivity contribution in [3.8, 4) is 0 Å². The number of amides is 1. The van der Waals surface area contributed by atoms with Crippen molar-refractivity contribution < 1.29 is 13.2 Å². The van der Waals surface area contributed by atoms with Crippen LogP contribution in [0.15, 0.2) is 71.6 Å². The van der Waals surface area contributed by atoms with Crippen LogP contribution in [0.4, 0.5) is 5.13 Å². The van der Waals surface area contributed by atoms with E-state index in [-0.39, 0.29) is 29.4 Å². The van der Waals surface area contributed by atoms with Gasteiger partial charge in [0.25, 0.3) is 0 Å². The third-order valence-electron chi connectivity index (χ3n) is 5.64. The van der Waals surface area contributed by atoms with Gasteiger partial charge in [0.05, 0.1) is 27.4 Å². The number of thiazole rings is 1. The molecule has 0 atom stereocenters. The van der Waals surface area contributed by atoms with Crippen LogP contribution in [-0.4, -0.2) is 25.1 Å². The predicted molar refractivity (Wildman–Crippen MR) is 139 cm³/mol. The third-order valence-corrected chi connectivity index (χ3v) is 8.91. The van der Waals surface area contributed by atoms with Gasteiger partial charge in [0.1, 0.15) is 0 Å². The highest BCUT2D eigenvalue weighted by Crippen LogP contribution is 2.34. The highest BCUT2D eigenvalue weighted by atomic mass is 35.5. The lowest BCUT2D eigenvalue weighted by Gasteiger charge is -2.20. The van der Waals surface area contributed by atoms with Gasteiger partial charge < -0.3 is 0 Å². The first-order valence-corrected chi connectivity index (χ1v) is 13.8. The van der Waals surface area contributed by atoms with Crippen molar-refractivity contribution in [2.45, 2.75) is 38.1 Å². The molecule has 0 saturated carbocycles. The first kappa shape index (κ1) is 24.4. The van der Waals surface area contributed by atoms with E-state index in [0.717, 1.165) is 26.9 Å². The van der Waals surface area contributed by atoms with E-state index in [0.29, 0.717) is 16.7 Å². The Balaban J connectivity index is 1.55. The smallest absolute Gasteiger partial charge is 0.229 e. The summed E-state index contributed by atoms with van der Waals surface area (Å²) in [6.45, 7) is 4.18. The maximum absolute atomic E-state index is 13.3. The van der Waals surface area contributed by atoms with Crippen molar-refractivity contribution in [2.24, 2.45) is 0 Å². The molecule has 4 rings (SSSR count). The molecule has 0 radical (unpaired) electrons. The fraction of sp³-hybridized carbons (Fsp3) is 0.231. The highest BCUT2D eigenvalue weighted by Gasteiger charge is 2.22. The van der Waals surface area contributed by atoms with E-state index in [2.05, 4.69) is 0 Å². The molecule has 1 aromatic heterocycles. The summed E-state index contributed by atoms with van der Waals surface area (Å²) in [5.74, 6) is -0.249. The number of hydrogen-bond donors (Lipinski definition) is 0. The predicted octanol–water partition coefficient (Wildman–Crippen LogP) is 6.35. The average Bonchev–Trinajstić information content (AvgIpc) is 3.25. The van der Waals surface area contributed by atoms with Crippen LogP contribution in [0.1, 0.15) is 29.5 Å². The summed E-state index contributed by atoms with van der Waals surface area (Å²) in [6.07, 6.45) is 0.337. The number of fused-ring (bicyclic) bond motifs is 1. The van der Waals surface area contributed by atoms with Gasteiger partial charge in [-0.05, 0) is 55.7 Å². The van der Waals surface area contributed by atoms with E-state index in [1.165, 1.54) is 11.3 Å². The Morgan fingerprint density at radius 2 is 1.71 bits per heavy atom. The number of sulfone groups is 1. The van der Waals surface area contributed by atoms with Crippen LogP contribution in [0.2, 0.25) is 5.02 Å². The second-order valence-electron chi connectivity index (χ2n) is 8.22. The summed E-state index contributed by atoms with van der Waals surface area (Å²) in [6, 6.07) is 20.2. The van der Waals surface area contributed by atoms with Crippen LogP contribution >= 0.6 is 22.9 Å². The summed E-state index contributed by atoms with van der Waals surface area (Å²) >= 11 is 7.70. The van der Waals surface area contributed by atoms with Gasteiger partial charge in [0, 0.05) is 11.4 Å². The zero-order valence-electron chi connectivity index (χ0n) is 19.0. The van der Waals surface area contributed by atoms with Gasteiger partial charge in [0.2, 0.25) is 5.91 Å². The Bertz CT molecular complexity index is 1420. The minimum absolute atomic E-state index is 0.0878. The summed E-state index contributed by atoms with van der Waals surface area (Å²) in [7, 11) is -3.45. The maximum Gasteiger partial charge on any atom is 0.229 e. The molecule has 34 heavy (non-hydrogen) atoms. The summed E-state index contributed by atoms with van der Waals surface area (Å²) in [5, 5.41) is 1.21. The summed E-state index contributed by atoms with van der Waals surface area (Å²) in [5.41, 5.74) is 3.62. The number of aryl methyl sites for hydroxylation is 2. The molecule has 0 aliphatic heterocycles. The normalized spacial score (nSPS) is 11.6. The first-order valence-electron chi connectivity index (χ1n) is 10.9. The van der Waals surface area contributed by atoms with Crippen molar-refractivity contribution in [1.29, 1.82) is 0 Å². The second kappa shape index (κ2) is 10.3. The molecule has 0 spiro atoms. The van der Waals surface area contributed by atoms with Crippen molar-refractivity contribution in [3.05, 3.63) is 88.4 Å². The Kier molecular flexibility index (Phi) is 7.36. The zero-order valence-corrected chi connectivity index (χ0v) is 21.4. The standard InChI is InChI=1S/C26H25ClN2O3S2/c1-18-10-12-21(13-11-18)34(31,32)16-6-9-24(30)29(17-20-7-4-3-5-8-20)26-28-25-19(2)22(27)14-15-23(25)33-26/h3-5,7-8,10-15H,6,9,16-17H2,1-2H3. The van der Waals surface area contributed by atoms with Gasteiger partial charge in [-0.2, -0.15) is 0 Å². The number of hydrogen-bond acceptors (Lipinski definition) is 5. The van der Waals surface area contributed by atoms with Crippen molar-refractivity contribution >= 4 is 54.0 Å². The van der Waals surface area contributed by atoms with Gasteiger partial charge in [-0.25, -0.2) is 13.4 Å². The minimum Gasteiger partial charge on any atom is -0.284 e. The Hall–Kier alpha value is -2.74. The zero-order chi connectivity index (χ0) is 24.3. The second-order valence-corrected chi connectivity index (χ2v) is 11.7. The van der Waals surface area contributed by atoms with Crippen molar-refractivity contribution in [1.82, 2.24) is 4.98 Å². The first-order chi connectivity index (χ1) is 16.2. The Morgan fingerprint density at radius 3 is 2.41 bits per heavy atom. The summed E-state index contributed by atoms with van der Waals surface area (Å²) < 4.78 is 26.3. The molecule has 3 aromatic carbocycles. The highest BCUT2D eigenvalue weighted by molar-refractivity contribution is 7.91. The van der Waals surface area contributed by atoms with Crippen LogP contribution < -0.4 is 4.90 Å². The molecule has 0 N–H and O–H groups in total. The van der Waals surface area contributed by atoms with Crippen molar-refractivity contribution in [3.63, 3.8) is 0 Å². The van der Waals surface area contributed by atoms with Crippen LogP contribution in [0, 0.1) is 13.8 Å². The molecule has 5 nitrogen and oxygen atoms in total. The van der Waals surface area contributed by atoms with Crippen LogP contribution in [0.5, 0.6) is 0 Å². The molecule has 0 aliphatic carbocycles. The van der Waals surface area contributed by atoms with E-state index >= 15 is 0 Å². The lowest BCUT2D eigenvalue weighted by Crippen LogP contribution is -2.30. The van der Waals surface area contributed by atoms with E-state index in [1.807, 2.05) is 56.3 Å². The van der Waals surface area contributed by atoms with E-state index in [9.17, 15) is 13.2 Å². The molecule has 8 heteroatoms. The van der Waals surface area contributed by atoms with Gasteiger partial charge >= 0.3 is 0 Å².